The molecule has 6 bridgehead atoms. The van der Waals surface area contributed by atoms with Crippen LogP contribution in [0.5, 0.6) is 0 Å². The molecular formula is C25H28FN3O. The summed E-state index contributed by atoms with van der Waals surface area (Å²) < 4.78 is 15.4. The lowest BCUT2D eigenvalue weighted by molar-refractivity contribution is -0.0168. The molecule has 5 saturated carbocycles. The number of hydrogen-bond donors (Lipinski definition) is 1. The van der Waals surface area contributed by atoms with Crippen molar-refractivity contribution in [3.63, 3.8) is 0 Å². The summed E-state index contributed by atoms with van der Waals surface area (Å²) in [5.41, 5.74) is 3.87. The van der Waals surface area contributed by atoms with Gasteiger partial charge in [0.1, 0.15) is 5.82 Å². The number of benzene rings is 1. The molecule has 156 valence electrons. The molecule has 0 saturated heterocycles. The lowest BCUT2D eigenvalue weighted by atomic mass is 9.53. The van der Waals surface area contributed by atoms with Crippen molar-refractivity contribution in [2.75, 3.05) is 0 Å². The van der Waals surface area contributed by atoms with E-state index in [0.29, 0.717) is 17.5 Å². The Bertz CT molecular complexity index is 1000. The van der Waals surface area contributed by atoms with E-state index in [-0.39, 0.29) is 17.3 Å². The predicted molar refractivity (Wildman–Crippen MR) is 111 cm³/mol. The highest BCUT2D eigenvalue weighted by Crippen LogP contribution is 2.57. The summed E-state index contributed by atoms with van der Waals surface area (Å²) in [7, 11) is 0. The molecule has 5 fully saturated rings. The van der Waals surface area contributed by atoms with Gasteiger partial charge in [0.05, 0.1) is 11.4 Å². The van der Waals surface area contributed by atoms with Crippen LogP contribution in [0.4, 0.5) is 4.39 Å². The Morgan fingerprint density at radius 2 is 1.60 bits per heavy atom. The molecular weight excluding hydrogens is 377 g/mol. The maximum atomic E-state index is 13.6. The minimum atomic E-state index is -0.246. The van der Waals surface area contributed by atoms with Crippen molar-refractivity contribution in [1.29, 1.82) is 0 Å². The van der Waals surface area contributed by atoms with E-state index in [4.69, 9.17) is 5.10 Å². The summed E-state index contributed by atoms with van der Waals surface area (Å²) >= 11 is 0. The monoisotopic (exact) mass is 405 g/mol. The van der Waals surface area contributed by atoms with Crippen LogP contribution < -0.4 is 5.32 Å². The number of hydrogen-bond acceptors (Lipinski definition) is 2. The van der Waals surface area contributed by atoms with Crippen molar-refractivity contribution >= 4 is 5.91 Å². The smallest absolute Gasteiger partial charge is 0.272 e. The Balaban J connectivity index is 1.26. The van der Waals surface area contributed by atoms with E-state index in [1.54, 1.807) is 12.1 Å². The lowest BCUT2D eigenvalue weighted by Crippen LogP contribution is -2.60. The van der Waals surface area contributed by atoms with Gasteiger partial charge in [-0.25, -0.2) is 9.07 Å². The van der Waals surface area contributed by atoms with E-state index in [9.17, 15) is 9.18 Å². The van der Waals surface area contributed by atoms with Gasteiger partial charge < -0.3 is 5.32 Å². The molecule has 4 nitrogen and oxygen atoms in total. The zero-order chi connectivity index (χ0) is 20.0. The van der Waals surface area contributed by atoms with Crippen LogP contribution in [0.25, 0.3) is 5.69 Å². The molecule has 6 aliphatic carbocycles. The van der Waals surface area contributed by atoms with E-state index < -0.39 is 0 Å². The first-order chi connectivity index (χ1) is 14.6. The molecule has 30 heavy (non-hydrogen) atoms. The van der Waals surface area contributed by atoms with Crippen LogP contribution in [0.15, 0.2) is 24.3 Å². The molecule has 5 heteroatoms. The molecule has 1 amide bonds. The zero-order valence-electron chi connectivity index (χ0n) is 17.2. The van der Waals surface area contributed by atoms with Gasteiger partial charge in [-0.2, -0.15) is 5.10 Å². The summed E-state index contributed by atoms with van der Waals surface area (Å²) in [6.07, 6.45) is 11.0. The third kappa shape index (κ3) is 2.44. The van der Waals surface area contributed by atoms with Gasteiger partial charge in [0.25, 0.3) is 5.91 Å². The average Bonchev–Trinajstić information content (AvgIpc) is 3.40. The number of nitrogens with one attached hydrogen (secondary N) is 1. The van der Waals surface area contributed by atoms with E-state index in [0.717, 1.165) is 55.5 Å². The Kier molecular flexibility index (Phi) is 3.47. The Labute approximate surface area is 176 Å². The number of amides is 1. The minimum Gasteiger partial charge on any atom is -0.345 e. The van der Waals surface area contributed by atoms with E-state index in [2.05, 4.69) is 5.32 Å². The summed E-state index contributed by atoms with van der Waals surface area (Å²) in [6, 6.07) is 6.50. The van der Waals surface area contributed by atoms with Gasteiger partial charge in [-0.3, -0.25) is 4.79 Å². The highest BCUT2D eigenvalue weighted by Gasteiger charge is 2.52. The second-order valence-corrected chi connectivity index (χ2v) is 10.9. The third-order valence-electron chi connectivity index (χ3n) is 8.89. The first kappa shape index (κ1) is 17.5. The van der Waals surface area contributed by atoms with E-state index >= 15 is 0 Å². The molecule has 2 atom stereocenters. The SMILES string of the molecule is O=C(NC12CC3CC(CC(C3)C1)C2)c1nn(-c2ccc(F)cc2)c2c1C1CCC2C1. The maximum absolute atomic E-state index is 13.6. The average molecular weight is 406 g/mol. The second kappa shape index (κ2) is 5.95. The topological polar surface area (TPSA) is 46.9 Å². The van der Waals surface area contributed by atoms with Crippen molar-refractivity contribution < 1.29 is 9.18 Å². The number of halogens is 1. The molecule has 1 heterocycles. The molecule has 2 aromatic rings. The van der Waals surface area contributed by atoms with Crippen LogP contribution in [0, 0.1) is 23.6 Å². The minimum absolute atomic E-state index is 0.00398. The summed E-state index contributed by atoms with van der Waals surface area (Å²) in [4.78, 5) is 13.6. The second-order valence-electron chi connectivity index (χ2n) is 10.9. The largest absolute Gasteiger partial charge is 0.345 e. The quantitative estimate of drug-likeness (QED) is 0.775. The summed E-state index contributed by atoms with van der Waals surface area (Å²) in [6.45, 7) is 0. The first-order valence-electron chi connectivity index (χ1n) is 11.8. The normalized spacial score (nSPS) is 37.6. The highest BCUT2D eigenvalue weighted by atomic mass is 19.1. The number of aromatic nitrogens is 2. The number of nitrogens with zero attached hydrogens (tertiary/aromatic N) is 2. The Hall–Kier alpha value is -2.17. The summed E-state index contributed by atoms with van der Waals surface area (Å²) in [5.74, 6) is 3.12. The summed E-state index contributed by atoms with van der Waals surface area (Å²) in [5, 5.41) is 8.38. The molecule has 0 spiro atoms. The molecule has 1 N–H and O–H groups in total. The van der Waals surface area contributed by atoms with Gasteiger partial charge in [0, 0.05) is 17.0 Å². The van der Waals surface area contributed by atoms with Crippen LogP contribution in [-0.4, -0.2) is 21.2 Å². The van der Waals surface area contributed by atoms with Gasteiger partial charge in [0.15, 0.2) is 5.69 Å². The van der Waals surface area contributed by atoms with Crippen molar-refractivity contribution in [3.05, 3.63) is 47.0 Å². The van der Waals surface area contributed by atoms with Crippen LogP contribution in [-0.2, 0) is 0 Å². The fraction of sp³-hybridized carbons (Fsp3) is 0.600. The van der Waals surface area contributed by atoms with Gasteiger partial charge in [-0.05, 0) is 106 Å². The number of rotatable bonds is 3. The Morgan fingerprint density at radius 3 is 2.27 bits per heavy atom. The molecule has 0 radical (unpaired) electrons. The highest BCUT2D eigenvalue weighted by molar-refractivity contribution is 5.95. The lowest BCUT2D eigenvalue weighted by Gasteiger charge is -2.56. The van der Waals surface area contributed by atoms with Crippen LogP contribution in [0.3, 0.4) is 0 Å². The zero-order valence-corrected chi connectivity index (χ0v) is 17.2. The Morgan fingerprint density at radius 1 is 0.967 bits per heavy atom. The molecule has 2 unspecified atom stereocenters. The standard InChI is InChI=1S/C25H28FN3O/c26-19-3-5-20(6-4-19)29-23-18-2-1-17(10-18)21(23)22(28-29)24(30)27-25-11-14-7-15(12-25)9-16(8-14)13-25/h3-6,14-18H,1-2,7-13H2,(H,27,30). The van der Waals surface area contributed by atoms with Crippen molar-refractivity contribution in [1.82, 2.24) is 15.1 Å². The van der Waals surface area contributed by atoms with Gasteiger partial charge >= 0.3 is 0 Å². The van der Waals surface area contributed by atoms with Crippen molar-refractivity contribution in [2.24, 2.45) is 17.8 Å². The molecule has 8 rings (SSSR count). The van der Waals surface area contributed by atoms with Gasteiger partial charge in [0.2, 0.25) is 0 Å². The van der Waals surface area contributed by atoms with E-state index in [1.807, 2.05) is 4.68 Å². The molecule has 0 aliphatic heterocycles. The molecule has 1 aromatic heterocycles. The van der Waals surface area contributed by atoms with Crippen molar-refractivity contribution in [2.45, 2.75) is 75.2 Å². The fourth-order valence-corrected chi connectivity index (χ4v) is 8.24. The number of carbonyl (C=O) groups excluding carboxylic acids is 1. The number of fused-ring (bicyclic) bond motifs is 5. The fourth-order valence-electron chi connectivity index (χ4n) is 8.24. The van der Waals surface area contributed by atoms with Crippen LogP contribution in [0.2, 0.25) is 0 Å². The predicted octanol–water partition coefficient (Wildman–Crippen LogP) is 5.07. The van der Waals surface area contributed by atoms with Gasteiger partial charge in [-0.15, -0.1) is 0 Å². The molecule has 1 aromatic carbocycles. The van der Waals surface area contributed by atoms with E-state index in [1.165, 1.54) is 49.1 Å². The van der Waals surface area contributed by atoms with Crippen molar-refractivity contribution in [3.8, 4) is 5.69 Å². The number of carbonyl (C=O) groups is 1. The maximum Gasteiger partial charge on any atom is 0.272 e. The van der Waals surface area contributed by atoms with Crippen LogP contribution in [0.1, 0.15) is 91.4 Å². The first-order valence-corrected chi connectivity index (χ1v) is 11.8. The third-order valence-corrected chi connectivity index (χ3v) is 8.89. The van der Waals surface area contributed by atoms with Crippen LogP contribution >= 0.6 is 0 Å². The molecule has 6 aliphatic rings. The van der Waals surface area contributed by atoms with Gasteiger partial charge in [-0.1, -0.05) is 0 Å².